The predicted octanol–water partition coefficient (Wildman–Crippen LogP) is -0.388. The van der Waals surface area contributed by atoms with Crippen LogP contribution in [0.15, 0.2) is 0 Å². The van der Waals surface area contributed by atoms with Crippen LogP contribution in [-0.2, 0) is 0 Å². The molecule has 0 atom stereocenters. The molecule has 12 heavy (non-hydrogen) atoms. The van der Waals surface area contributed by atoms with E-state index in [1.54, 1.807) is 0 Å². The summed E-state index contributed by atoms with van der Waals surface area (Å²) in [5.41, 5.74) is 19.0. The van der Waals surface area contributed by atoms with E-state index in [2.05, 4.69) is 17.2 Å². The van der Waals surface area contributed by atoms with Crippen LogP contribution in [0.5, 0.6) is 0 Å². The van der Waals surface area contributed by atoms with E-state index in [-0.39, 0.29) is 0 Å². The average Bonchev–Trinajstić information content (AvgIpc) is 2.66. The zero-order valence-electron chi connectivity index (χ0n) is 8.72. The molecule has 0 aromatic heterocycles. The number of hydrogen-bond donors (Lipinski definition) is 4. The Hall–Kier alpha value is -0.160. The Kier molecular flexibility index (Phi) is 33.3. The van der Waals surface area contributed by atoms with Crippen LogP contribution in [-0.4, -0.2) is 27.2 Å². The zero-order valence-corrected chi connectivity index (χ0v) is 8.72. The lowest BCUT2D eigenvalue weighted by molar-refractivity contribution is 0.704. The largest absolute Gasteiger partial charge is 0.333 e. The molecule has 1 aliphatic rings. The summed E-state index contributed by atoms with van der Waals surface area (Å²) < 4.78 is 0. The van der Waals surface area contributed by atoms with Gasteiger partial charge in [0.05, 0.1) is 0 Å². The molecule has 0 saturated heterocycles. The molecule has 0 amide bonds. The predicted molar refractivity (Wildman–Crippen MR) is 56.8 cm³/mol. The van der Waals surface area contributed by atoms with Gasteiger partial charge in [-0.15, -0.1) is 0 Å². The first-order valence-corrected chi connectivity index (χ1v) is 4.38. The molecule has 1 saturated carbocycles. The Balaban J connectivity index is -0.000000117. The fourth-order valence-corrected chi connectivity index (χ4v) is 0.957. The SMILES string of the molecule is CN.CN.CN.NC1CCCC1. The van der Waals surface area contributed by atoms with Gasteiger partial charge >= 0.3 is 0 Å². The minimum absolute atomic E-state index is 0.546. The molecule has 0 aromatic carbocycles. The van der Waals surface area contributed by atoms with E-state index in [0.717, 1.165) is 0 Å². The second kappa shape index (κ2) is 22.4. The van der Waals surface area contributed by atoms with Gasteiger partial charge in [0.15, 0.2) is 0 Å². The minimum Gasteiger partial charge on any atom is -0.333 e. The van der Waals surface area contributed by atoms with E-state index in [0.29, 0.717) is 6.04 Å². The standard InChI is InChI=1S/C5H11N.3CH5N/c6-5-3-1-2-4-5;3*1-2/h5H,1-4,6H2;3*2H2,1H3. The lowest BCUT2D eigenvalue weighted by Crippen LogP contribution is -2.13. The molecule has 0 aromatic rings. The minimum atomic E-state index is 0.546. The number of hydrogen-bond acceptors (Lipinski definition) is 4. The van der Waals surface area contributed by atoms with Gasteiger partial charge < -0.3 is 22.9 Å². The van der Waals surface area contributed by atoms with Gasteiger partial charge in [-0.05, 0) is 34.0 Å². The highest BCUT2D eigenvalue weighted by atomic mass is 14.6. The highest BCUT2D eigenvalue weighted by Gasteiger charge is 2.07. The van der Waals surface area contributed by atoms with Crippen molar-refractivity contribution in [1.82, 2.24) is 0 Å². The molecule has 4 heteroatoms. The van der Waals surface area contributed by atoms with Crippen molar-refractivity contribution in [2.24, 2.45) is 22.9 Å². The van der Waals surface area contributed by atoms with Crippen LogP contribution in [0, 0.1) is 0 Å². The summed E-state index contributed by atoms with van der Waals surface area (Å²) >= 11 is 0. The fourth-order valence-electron chi connectivity index (χ4n) is 0.957. The summed E-state index contributed by atoms with van der Waals surface area (Å²) in [6.45, 7) is 0. The van der Waals surface area contributed by atoms with Gasteiger partial charge in [0.2, 0.25) is 0 Å². The van der Waals surface area contributed by atoms with Crippen molar-refractivity contribution >= 4 is 0 Å². The topological polar surface area (TPSA) is 104 Å². The van der Waals surface area contributed by atoms with Gasteiger partial charge in [0.25, 0.3) is 0 Å². The summed E-state index contributed by atoms with van der Waals surface area (Å²) in [6.07, 6.45) is 5.25. The quantitative estimate of drug-likeness (QED) is 0.405. The van der Waals surface area contributed by atoms with Crippen molar-refractivity contribution in [1.29, 1.82) is 0 Å². The molecular weight excluding hydrogens is 152 g/mol. The number of nitrogens with two attached hydrogens (primary N) is 4. The normalized spacial score (nSPS) is 14.2. The molecule has 78 valence electrons. The second-order valence-electron chi connectivity index (χ2n) is 2.04. The molecule has 0 unspecified atom stereocenters. The zero-order chi connectivity index (χ0) is 10.4. The second-order valence-corrected chi connectivity index (χ2v) is 2.04. The van der Waals surface area contributed by atoms with Gasteiger partial charge in [-0.25, -0.2) is 0 Å². The first-order chi connectivity index (χ1) is 5.89. The summed E-state index contributed by atoms with van der Waals surface area (Å²) in [4.78, 5) is 0. The van der Waals surface area contributed by atoms with Gasteiger partial charge in [-0.2, -0.15) is 0 Å². The molecule has 0 radical (unpaired) electrons. The molecule has 0 heterocycles. The maximum atomic E-state index is 5.53. The van der Waals surface area contributed by atoms with Gasteiger partial charge in [-0.1, -0.05) is 12.8 Å². The van der Waals surface area contributed by atoms with Crippen molar-refractivity contribution < 1.29 is 0 Å². The summed E-state index contributed by atoms with van der Waals surface area (Å²) in [7, 11) is 4.50. The fraction of sp³-hybridized carbons (Fsp3) is 1.00. The Morgan fingerprint density at radius 3 is 1.08 bits per heavy atom. The summed E-state index contributed by atoms with van der Waals surface area (Å²) in [6, 6.07) is 0.546. The Morgan fingerprint density at radius 2 is 1.00 bits per heavy atom. The first-order valence-electron chi connectivity index (χ1n) is 4.38. The van der Waals surface area contributed by atoms with E-state index in [1.807, 2.05) is 0 Å². The van der Waals surface area contributed by atoms with Crippen LogP contribution in [0.1, 0.15) is 25.7 Å². The summed E-state index contributed by atoms with van der Waals surface area (Å²) in [5, 5.41) is 0. The lowest BCUT2D eigenvalue weighted by Gasteiger charge is -1.92. The third-order valence-corrected chi connectivity index (χ3v) is 1.40. The Morgan fingerprint density at radius 1 is 0.750 bits per heavy atom. The van der Waals surface area contributed by atoms with E-state index in [9.17, 15) is 0 Å². The van der Waals surface area contributed by atoms with Gasteiger partial charge in [0.1, 0.15) is 0 Å². The molecule has 0 bridgehead atoms. The van der Waals surface area contributed by atoms with E-state index < -0.39 is 0 Å². The van der Waals surface area contributed by atoms with E-state index >= 15 is 0 Å². The molecule has 0 spiro atoms. The maximum absolute atomic E-state index is 5.53. The van der Waals surface area contributed by atoms with Gasteiger partial charge in [-0.3, -0.25) is 0 Å². The van der Waals surface area contributed by atoms with Crippen molar-refractivity contribution in [3.05, 3.63) is 0 Å². The Labute approximate surface area is 76.7 Å². The number of rotatable bonds is 0. The van der Waals surface area contributed by atoms with Crippen LogP contribution < -0.4 is 22.9 Å². The molecule has 4 nitrogen and oxygen atoms in total. The van der Waals surface area contributed by atoms with Crippen LogP contribution in [0.3, 0.4) is 0 Å². The monoisotopic (exact) mass is 178 g/mol. The van der Waals surface area contributed by atoms with Crippen LogP contribution in [0.4, 0.5) is 0 Å². The van der Waals surface area contributed by atoms with Crippen LogP contribution in [0.25, 0.3) is 0 Å². The molecule has 0 aliphatic heterocycles. The van der Waals surface area contributed by atoms with Crippen molar-refractivity contribution in [2.45, 2.75) is 31.7 Å². The Bertz CT molecular complexity index is 44.3. The average molecular weight is 178 g/mol. The molecule has 1 rings (SSSR count). The highest BCUT2D eigenvalue weighted by Crippen LogP contribution is 2.14. The van der Waals surface area contributed by atoms with Crippen molar-refractivity contribution in [2.75, 3.05) is 21.1 Å². The molecule has 1 aliphatic carbocycles. The maximum Gasteiger partial charge on any atom is 0.00388 e. The van der Waals surface area contributed by atoms with Crippen molar-refractivity contribution in [3.8, 4) is 0 Å². The third kappa shape index (κ3) is 16.4. The van der Waals surface area contributed by atoms with Crippen LogP contribution in [0.2, 0.25) is 0 Å². The smallest absolute Gasteiger partial charge is 0.00388 e. The first kappa shape index (κ1) is 17.8. The van der Waals surface area contributed by atoms with Crippen LogP contribution >= 0.6 is 0 Å². The molecule has 1 fully saturated rings. The molecule has 8 N–H and O–H groups in total. The lowest BCUT2D eigenvalue weighted by atomic mass is 10.3. The molecular formula is C8H26N4. The van der Waals surface area contributed by atoms with E-state index in [4.69, 9.17) is 5.73 Å². The summed E-state index contributed by atoms with van der Waals surface area (Å²) in [5.74, 6) is 0. The van der Waals surface area contributed by atoms with Gasteiger partial charge in [0, 0.05) is 6.04 Å². The van der Waals surface area contributed by atoms with E-state index in [1.165, 1.54) is 46.8 Å². The third-order valence-electron chi connectivity index (χ3n) is 1.40. The highest BCUT2D eigenvalue weighted by molar-refractivity contribution is 4.67. The van der Waals surface area contributed by atoms with Crippen molar-refractivity contribution in [3.63, 3.8) is 0 Å².